The van der Waals surface area contributed by atoms with Crippen molar-refractivity contribution in [3.05, 3.63) is 180 Å². The van der Waals surface area contributed by atoms with E-state index in [-0.39, 0.29) is 0 Å². The lowest BCUT2D eigenvalue weighted by Gasteiger charge is -2.13. The zero-order chi connectivity index (χ0) is 35.3. The van der Waals surface area contributed by atoms with Crippen LogP contribution in [0, 0.1) is 35.8 Å². The van der Waals surface area contributed by atoms with Crippen LogP contribution in [0.4, 0.5) is 11.4 Å². The third-order valence-electron chi connectivity index (χ3n) is 9.85. The molecule has 7 aromatic carbocycles. The summed E-state index contributed by atoms with van der Waals surface area (Å²) >= 11 is 0. The maximum absolute atomic E-state index is 10.3. The second-order valence-corrected chi connectivity index (χ2v) is 12.5. The fourth-order valence-electron chi connectivity index (χ4n) is 7.79. The molecule has 0 N–H and O–H groups in total. The van der Waals surface area contributed by atoms with Crippen molar-refractivity contribution >= 4 is 55.0 Å². The molecule has 0 spiro atoms. The van der Waals surface area contributed by atoms with Crippen molar-refractivity contribution in [1.29, 1.82) is 10.5 Å². The third-order valence-corrected chi connectivity index (χ3v) is 9.85. The van der Waals surface area contributed by atoms with Crippen LogP contribution in [0.1, 0.15) is 11.1 Å². The summed E-state index contributed by atoms with van der Waals surface area (Å²) in [5.41, 5.74) is 9.94. The molecule has 0 aliphatic heterocycles. The van der Waals surface area contributed by atoms with Crippen LogP contribution in [-0.4, -0.2) is 9.13 Å². The van der Waals surface area contributed by atoms with E-state index in [4.69, 9.17) is 13.1 Å². The summed E-state index contributed by atoms with van der Waals surface area (Å²) in [6.45, 7) is 16.1. The average molecular weight is 661 g/mol. The molecule has 0 bridgehead atoms. The lowest BCUT2D eigenvalue weighted by molar-refractivity contribution is 1.13. The van der Waals surface area contributed by atoms with E-state index >= 15 is 0 Å². The van der Waals surface area contributed by atoms with Crippen molar-refractivity contribution < 1.29 is 0 Å². The van der Waals surface area contributed by atoms with Crippen molar-refractivity contribution in [3.63, 3.8) is 0 Å². The van der Waals surface area contributed by atoms with Gasteiger partial charge in [-0.15, -0.1) is 0 Å². The van der Waals surface area contributed by atoms with Gasteiger partial charge in [-0.1, -0.05) is 91.0 Å². The van der Waals surface area contributed by atoms with Gasteiger partial charge in [0.1, 0.15) is 0 Å². The topological polar surface area (TPSA) is 66.2 Å². The van der Waals surface area contributed by atoms with Gasteiger partial charge in [-0.3, -0.25) is 0 Å². The minimum Gasteiger partial charge on any atom is -0.309 e. The molecule has 52 heavy (non-hydrogen) atoms. The van der Waals surface area contributed by atoms with Crippen LogP contribution >= 0.6 is 0 Å². The van der Waals surface area contributed by atoms with Gasteiger partial charge >= 0.3 is 0 Å². The van der Waals surface area contributed by atoms with Gasteiger partial charge in [0, 0.05) is 55.2 Å². The highest BCUT2D eigenvalue weighted by Gasteiger charge is 2.24. The van der Waals surface area contributed by atoms with Gasteiger partial charge in [0.05, 0.1) is 47.3 Å². The van der Waals surface area contributed by atoms with Gasteiger partial charge in [0.25, 0.3) is 0 Å². The molecule has 0 saturated heterocycles. The molecule has 9 aromatic rings. The summed E-state index contributed by atoms with van der Waals surface area (Å²) < 4.78 is 4.49. The monoisotopic (exact) mass is 660 g/mol. The van der Waals surface area contributed by atoms with E-state index in [0.29, 0.717) is 33.6 Å². The molecular weight excluding hydrogens is 637 g/mol. The van der Waals surface area contributed by atoms with Crippen LogP contribution in [0.3, 0.4) is 0 Å². The number of para-hydroxylation sites is 2. The SMILES string of the molecule is [C-]#[N+]c1cccc(C#N)c1-c1cccc2c1c1c(-c3c(C#N)cccc3[N+]#[C-])cccc1n2-c1cccc(-n2c3ccccc3c3ccccc32)c1. The fraction of sp³-hybridized carbons (Fsp3) is 0. The minimum atomic E-state index is 0.373. The third kappa shape index (κ3) is 4.33. The maximum atomic E-state index is 10.3. The summed E-state index contributed by atoms with van der Waals surface area (Å²) in [6, 6.07) is 52.2. The first-order valence-electron chi connectivity index (χ1n) is 16.6. The zero-order valence-electron chi connectivity index (χ0n) is 27.5. The molecule has 2 heterocycles. The van der Waals surface area contributed by atoms with Crippen LogP contribution in [0.5, 0.6) is 0 Å². The molecule has 0 amide bonds. The Morgan fingerprint density at radius 1 is 0.442 bits per heavy atom. The first kappa shape index (κ1) is 30.2. The summed E-state index contributed by atoms with van der Waals surface area (Å²) in [5, 5.41) is 24.6. The van der Waals surface area contributed by atoms with Crippen molar-refractivity contribution in [2.24, 2.45) is 0 Å². The number of nitrogens with zero attached hydrogens (tertiary/aromatic N) is 6. The number of benzene rings is 7. The van der Waals surface area contributed by atoms with Gasteiger partial charge < -0.3 is 9.13 Å². The Kier molecular flexibility index (Phi) is 6.91. The molecule has 238 valence electrons. The maximum Gasteiger partial charge on any atom is 0.196 e. The Bertz CT molecular complexity index is 2880. The van der Waals surface area contributed by atoms with Gasteiger partial charge in [0.2, 0.25) is 0 Å². The average Bonchev–Trinajstić information content (AvgIpc) is 3.73. The predicted molar refractivity (Wildman–Crippen MR) is 208 cm³/mol. The summed E-state index contributed by atoms with van der Waals surface area (Å²) in [6.07, 6.45) is 0. The molecule has 0 radical (unpaired) electrons. The van der Waals surface area contributed by atoms with Crippen molar-refractivity contribution in [3.8, 4) is 45.8 Å². The number of fused-ring (bicyclic) bond motifs is 6. The largest absolute Gasteiger partial charge is 0.309 e. The van der Waals surface area contributed by atoms with Crippen LogP contribution in [0.25, 0.3) is 86.9 Å². The summed E-state index contributed by atoms with van der Waals surface area (Å²) in [5.74, 6) is 0. The van der Waals surface area contributed by atoms with E-state index in [1.807, 2.05) is 36.4 Å². The molecule has 0 atom stereocenters. The Balaban J connectivity index is 1.43. The molecule has 0 unspecified atom stereocenters. The molecule has 6 nitrogen and oxygen atoms in total. The standard InChI is InChI=1S/C46H24N6/c1-49-37-20-7-12-29(27-47)43(37)35-18-10-24-41-45(35)46-36(44-30(28-48)13-8-21-38(44)50-2)19-11-25-42(46)52(41)32-15-9-14-31(26-32)51-39-22-5-3-16-33(39)34-17-4-6-23-40(34)51/h3-26H. The van der Waals surface area contributed by atoms with Crippen molar-refractivity contribution in [2.45, 2.75) is 0 Å². The number of aromatic nitrogens is 2. The molecule has 2 aromatic heterocycles. The molecule has 0 aliphatic rings. The van der Waals surface area contributed by atoms with E-state index in [1.54, 1.807) is 36.4 Å². The molecular formula is C46H24N6. The van der Waals surface area contributed by atoms with E-state index in [2.05, 4.69) is 104 Å². The van der Waals surface area contributed by atoms with Gasteiger partial charge in [-0.05, 0) is 65.7 Å². The lowest BCUT2D eigenvalue weighted by atomic mass is 9.90. The normalized spacial score (nSPS) is 11.0. The highest BCUT2D eigenvalue weighted by molar-refractivity contribution is 6.22. The molecule has 0 aliphatic carbocycles. The quantitative estimate of drug-likeness (QED) is 0.176. The van der Waals surface area contributed by atoms with E-state index in [1.165, 1.54) is 10.8 Å². The van der Waals surface area contributed by atoms with Crippen molar-refractivity contribution in [2.75, 3.05) is 0 Å². The second-order valence-electron chi connectivity index (χ2n) is 12.5. The van der Waals surface area contributed by atoms with Gasteiger partial charge in [0.15, 0.2) is 11.4 Å². The van der Waals surface area contributed by atoms with Crippen LogP contribution < -0.4 is 0 Å². The van der Waals surface area contributed by atoms with Gasteiger partial charge in [-0.2, -0.15) is 10.5 Å². The van der Waals surface area contributed by atoms with Gasteiger partial charge in [-0.25, -0.2) is 9.69 Å². The number of rotatable bonds is 4. The Morgan fingerprint density at radius 2 is 0.846 bits per heavy atom. The summed E-state index contributed by atoms with van der Waals surface area (Å²) in [4.78, 5) is 7.68. The summed E-state index contributed by atoms with van der Waals surface area (Å²) in [7, 11) is 0. The zero-order valence-corrected chi connectivity index (χ0v) is 27.5. The Morgan fingerprint density at radius 3 is 1.31 bits per heavy atom. The number of hydrogen-bond donors (Lipinski definition) is 0. The molecule has 0 saturated carbocycles. The van der Waals surface area contributed by atoms with E-state index < -0.39 is 0 Å². The lowest BCUT2D eigenvalue weighted by Crippen LogP contribution is -1.98. The van der Waals surface area contributed by atoms with E-state index in [9.17, 15) is 10.5 Å². The van der Waals surface area contributed by atoms with Crippen LogP contribution in [-0.2, 0) is 0 Å². The van der Waals surface area contributed by atoms with Crippen LogP contribution in [0.15, 0.2) is 146 Å². The van der Waals surface area contributed by atoms with Crippen molar-refractivity contribution in [1.82, 2.24) is 9.13 Å². The van der Waals surface area contributed by atoms with Crippen LogP contribution in [0.2, 0.25) is 0 Å². The van der Waals surface area contributed by atoms with E-state index in [0.717, 1.165) is 55.3 Å². The highest BCUT2D eigenvalue weighted by atomic mass is 15.0. The highest BCUT2D eigenvalue weighted by Crippen LogP contribution is 2.47. The second kappa shape index (κ2) is 11.9. The number of hydrogen-bond acceptors (Lipinski definition) is 2. The smallest absolute Gasteiger partial charge is 0.196 e. The fourth-order valence-corrected chi connectivity index (χ4v) is 7.79. The Labute approximate surface area is 299 Å². The molecule has 6 heteroatoms. The number of nitriles is 2. The molecule has 9 rings (SSSR count). The Hall–Kier alpha value is -7.90. The molecule has 0 fully saturated rings. The first-order valence-corrected chi connectivity index (χ1v) is 16.6. The first-order chi connectivity index (χ1) is 25.7. The minimum absolute atomic E-state index is 0.373. The predicted octanol–water partition coefficient (Wildman–Crippen LogP) is 12.1.